The molecule has 3 aliphatic heterocycles. The van der Waals surface area contributed by atoms with Crippen LogP contribution in [0.2, 0.25) is 0 Å². The van der Waals surface area contributed by atoms with Crippen LogP contribution in [0.15, 0.2) is 42.5 Å². The van der Waals surface area contributed by atoms with Crippen molar-refractivity contribution in [2.75, 3.05) is 24.5 Å². The van der Waals surface area contributed by atoms with Crippen LogP contribution in [0.3, 0.4) is 0 Å². The summed E-state index contributed by atoms with van der Waals surface area (Å²) in [6.45, 7) is 7.27. The molecule has 2 aromatic rings. The Morgan fingerprint density at radius 3 is 2.52 bits per heavy atom. The number of ether oxygens (including phenoxy) is 1. The molecule has 3 fully saturated rings. The van der Waals surface area contributed by atoms with Crippen LogP contribution in [0.1, 0.15) is 26.7 Å². The number of amides is 1. The van der Waals surface area contributed by atoms with Crippen molar-refractivity contribution in [3.63, 3.8) is 0 Å². The van der Waals surface area contributed by atoms with E-state index in [2.05, 4.69) is 23.1 Å². The van der Waals surface area contributed by atoms with Crippen LogP contribution in [0.4, 0.5) is 10.5 Å². The van der Waals surface area contributed by atoms with Crippen LogP contribution in [-0.4, -0.2) is 42.8 Å². The standard InChI is InChI=1S/C21H26N2O2/c1-15(2)23(19-9-5-7-16-6-3-4-8-18(16)19)21(24)25-20-14-22-12-10-17(20)11-13-22/h3-9,15,17,20H,10-14H2,1-2H3. The first-order valence-corrected chi connectivity index (χ1v) is 9.33. The zero-order valence-corrected chi connectivity index (χ0v) is 15.0. The average molecular weight is 338 g/mol. The molecule has 3 heterocycles. The van der Waals surface area contributed by atoms with E-state index in [0.717, 1.165) is 48.9 Å². The maximum Gasteiger partial charge on any atom is 0.414 e. The van der Waals surface area contributed by atoms with E-state index in [1.165, 1.54) is 0 Å². The quantitative estimate of drug-likeness (QED) is 0.837. The molecule has 0 aromatic heterocycles. The van der Waals surface area contributed by atoms with Gasteiger partial charge in [-0.2, -0.15) is 0 Å². The average Bonchev–Trinajstić information content (AvgIpc) is 2.63. The van der Waals surface area contributed by atoms with Gasteiger partial charge in [-0.15, -0.1) is 0 Å². The normalized spacial score (nSPS) is 25.3. The van der Waals surface area contributed by atoms with E-state index < -0.39 is 0 Å². The third-order valence-corrected chi connectivity index (χ3v) is 5.59. The van der Waals surface area contributed by atoms with Gasteiger partial charge in [0.25, 0.3) is 0 Å². The predicted octanol–water partition coefficient (Wildman–Crippen LogP) is 4.29. The largest absolute Gasteiger partial charge is 0.444 e. The predicted molar refractivity (Wildman–Crippen MR) is 101 cm³/mol. The molecule has 1 unspecified atom stereocenters. The van der Waals surface area contributed by atoms with Gasteiger partial charge in [-0.05, 0) is 57.1 Å². The van der Waals surface area contributed by atoms with Gasteiger partial charge in [-0.3, -0.25) is 9.80 Å². The highest BCUT2D eigenvalue weighted by Gasteiger charge is 2.37. The lowest BCUT2D eigenvalue weighted by molar-refractivity contribution is -0.0313. The summed E-state index contributed by atoms with van der Waals surface area (Å²) in [4.78, 5) is 17.3. The van der Waals surface area contributed by atoms with Gasteiger partial charge in [0.2, 0.25) is 0 Å². The monoisotopic (exact) mass is 338 g/mol. The fourth-order valence-corrected chi connectivity index (χ4v) is 4.24. The number of hydrogen-bond donors (Lipinski definition) is 0. The molecule has 3 aliphatic rings. The number of benzene rings is 2. The number of fused-ring (bicyclic) bond motifs is 4. The molecular weight excluding hydrogens is 312 g/mol. The zero-order chi connectivity index (χ0) is 17.4. The second kappa shape index (κ2) is 6.68. The van der Waals surface area contributed by atoms with Gasteiger partial charge in [0, 0.05) is 18.0 Å². The molecule has 25 heavy (non-hydrogen) atoms. The van der Waals surface area contributed by atoms with Crippen molar-refractivity contribution in [2.24, 2.45) is 5.92 Å². The SMILES string of the molecule is CC(C)N(C(=O)OC1CN2CCC1CC2)c1cccc2ccccc12. The van der Waals surface area contributed by atoms with E-state index in [-0.39, 0.29) is 18.2 Å². The molecule has 0 N–H and O–H groups in total. The van der Waals surface area contributed by atoms with Gasteiger partial charge < -0.3 is 4.74 Å². The van der Waals surface area contributed by atoms with E-state index in [1.54, 1.807) is 4.90 Å². The summed E-state index contributed by atoms with van der Waals surface area (Å²) in [5.74, 6) is 0.524. The number of anilines is 1. The fraction of sp³-hybridized carbons (Fsp3) is 0.476. The van der Waals surface area contributed by atoms with Crippen molar-refractivity contribution < 1.29 is 9.53 Å². The molecule has 4 heteroatoms. The number of nitrogens with zero attached hydrogens (tertiary/aromatic N) is 2. The first-order chi connectivity index (χ1) is 12.1. The van der Waals surface area contributed by atoms with Gasteiger partial charge in [0.15, 0.2) is 0 Å². The zero-order valence-electron chi connectivity index (χ0n) is 15.0. The highest BCUT2D eigenvalue weighted by atomic mass is 16.6. The topological polar surface area (TPSA) is 32.8 Å². The van der Waals surface area contributed by atoms with Crippen molar-refractivity contribution in [1.29, 1.82) is 0 Å². The lowest BCUT2D eigenvalue weighted by Crippen LogP contribution is -2.53. The molecule has 0 radical (unpaired) electrons. The molecule has 0 saturated carbocycles. The smallest absolute Gasteiger partial charge is 0.414 e. The van der Waals surface area contributed by atoms with E-state index in [0.29, 0.717) is 5.92 Å². The summed E-state index contributed by atoms with van der Waals surface area (Å²) in [5, 5.41) is 2.23. The molecule has 5 rings (SSSR count). The second-order valence-corrected chi connectivity index (χ2v) is 7.52. The highest BCUT2D eigenvalue weighted by molar-refractivity contribution is 6.01. The van der Waals surface area contributed by atoms with Crippen LogP contribution in [0.5, 0.6) is 0 Å². The second-order valence-electron chi connectivity index (χ2n) is 7.52. The molecule has 1 atom stereocenters. The Kier molecular flexibility index (Phi) is 4.38. The third-order valence-electron chi connectivity index (χ3n) is 5.59. The maximum atomic E-state index is 13.1. The minimum atomic E-state index is -0.217. The summed E-state index contributed by atoms with van der Waals surface area (Å²) in [6, 6.07) is 14.3. The first-order valence-electron chi connectivity index (χ1n) is 9.33. The number of carbonyl (C=O) groups excluding carboxylic acids is 1. The number of carbonyl (C=O) groups is 1. The van der Waals surface area contributed by atoms with Crippen LogP contribution in [0, 0.1) is 5.92 Å². The Labute approximate surface area is 149 Å². The van der Waals surface area contributed by atoms with E-state index in [9.17, 15) is 4.79 Å². The molecule has 0 spiro atoms. The fourth-order valence-electron chi connectivity index (χ4n) is 4.24. The molecule has 3 saturated heterocycles. The van der Waals surface area contributed by atoms with E-state index in [4.69, 9.17) is 4.74 Å². The van der Waals surface area contributed by atoms with Crippen molar-refractivity contribution in [2.45, 2.75) is 38.8 Å². The minimum absolute atomic E-state index is 0.0335. The number of piperidine rings is 3. The van der Waals surface area contributed by atoms with E-state index in [1.807, 2.05) is 38.1 Å². The van der Waals surface area contributed by atoms with Crippen LogP contribution < -0.4 is 4.90 Å². The molecule has 2 aromatic carbocycles. The van der Waals surface area contributed by atoms with Crippen molar-refractivity contribution in [3.05, 3.63) is 42.5 Å². The minimum Gasteiger partial charge on any atom is -0.444 e. The van der Waals surface area contributed by atoms with Crippen molar-refractivity contribution >= 4 is 22.6 Å². The lowest BCUT2D eigenvalue weighted by Gasteiger charge is -2.44. The Hall–Kier alpha value is -2.07. The van der Waals surface area contributed by atoms with Gasteiger partial charge in [-0.25, -0.2) is 4.79 Å². The highest BCUT2D eigenvalue weighted by Crippen LogP contribution is 2.32. The Morgan fingerprint density at radius 1 is 1.12 bits per heavy atom. The third kappa shape index (κ3) is 3.11. The molecule has 2 bridgehead atoms. The van der Waals surface area contributed by atoms with Gasteiger partial charge >= 0.3 is 6.09 Å². The summed E-state index contributed by atoms with van der Waals surface area (Å²) in [5.41, 5.74) is 0.930. The van der Waals surface area contributed by atoms with Crippen LogP contribution >= 0.6 is 0 Å². The summed E-state index contributed by atoms with van der Waals surface area (Å²) < 4.78 is 6.00. The summed E-state index contributed by atoms with van der Waals surface area (Å²) in [6.07, 6.45) is 2.11. The van der Waals surface area contributed by atoms with Crippen molar-refractivity contribution in [1.82, 2.24) is 4.90 Å². The van der Waals surface area contributed by atoms with Gasteiger partial charge in [-0.1, -0.05) is 36.4 Å². The van der Waals surface area contributed by atoms with Crippen molar-refractivity contribution in [3.8, 4) is 0 Å². The van der Waals surface area contributed by atoms with Crippen LogP contribution in [0.25, 0.3) is 10.8 Å². The maximum absolute atomic E-state index is 13.1. The molecule has 0 aliphatic carbocycles. The Balaban J connectivity index is 1.61. The Morgan fingerprint density at radius 2 is 1.84 bits per heavy atom. The summed E-state index contributed by atoms with van der Waals surface area (Å²) in [7, 11) is 0. The number of hydrogen-bond acceptors (Lipinski definition) is 3. The molecule has 1 amide bonds. The number of rotatable bonds is 3. The Bertz CT molecular complexity index is 760. The molecular formula is C21H26N2O2. The molecule has 132 valence electrons. The van der Waals surface area contributed by atoms with E-state index >= 15 is 0 Å². The first kappa shape index (κ1) is 16.4. The lowest BCUT2D eigenvalue weighted by atomic mass is 9.86. The molecule has 4 nitrogen and oxygen atoms in total. The van der Waals surface area contributed by atoms with Gasteiger partial charge in [0.05, 0.1) is 5.69 Å². The van der Waals surface area contributed by atoms with Gasteiger partial charge in [0.1, 0.15) is 6.10 Å². The summed E-state index contributed by atoms with van der Waals surface area (Å²) >= 11 is 0. The van der Waals surface area contributed by atoms with Crippen LogP contribution in [-0.2, 0) is 4.74 Å².